The molecule has 0 bridgehead atoms. The van der Waals surface area contributed by atoms with Crippen molar-refractivity contribution in [2.75, 3.05) is 0 Å². The van der Waals surface area contributed by atoms with Gasteiger partial charge in [0.1, 0.15) is 10.7 Å². The number of sulfonamides is 1. The van der Waals surface area contributed by atoms with Crippen molar-refractivity contribution in [3.05, 3.63) is 28.5 Å². The quantitative estimate of drug-likeness (QED) is 0.931. The fourth-order valence-electron chi connectivity index (χ4n) is 1.44. The third-order valence-electron chi connectivity index (χ3n) is 2.60. The molecule has 2 rings (SSSR count). The van der Waals surface area contributed by atoms with Crippen LogP contribution in [0.15, 0.2) is 27.6 Å². The second-order valence-electron chi connectivity index (χ2n) is 4.02. The first kappa shape index (κ1) is 12.0. The molecule has 1 aliphatic carbocycles. The average molecular weight is 308 g/mol. The highest BCUT2D eigenvalue weighted by molar-refractivity contribution is 9.10. The van der Waals surface area contributed by atoms with Crippen LogP contribution in [0, 0.1) is 11.7 Å². The Bertz CT molecular complexity index is 518. The van der Waals surface area contributed by atoms with Crippen molar-refractivity contribution in [1.29, 1.82) is 0 Å². The number of rotatable bonds is 3. The number of hydrogen-bond donors (Lipinski definition) is 1. The van der Waals surface area contributed by atoms with E-state index in [2.05, 4.69) is 20.7 Å². The van der Waals surface area contributed by atoms with E-state index < -0.39 is 15.8 Å². The van der Waals surface area contributed by atoms with Crippen molar-refractivity contribution < 1.29 is 12.8 Å². The fraction of sp³-hybridized carbons (Fsp3) is 0.400. The zero-order chi connectivity index (χ0) is 11.9. The van der Waals surface area contributed by atoms with Crippen molar-refractivity contribution in [3.63, 3.8) is 0 Å². The van der Waals surface area contributed by atoms with Crippen LogP contribution in [0.2, 0.25) is 0 Å². The van der Waals surface area contributed by atoms with E-state index in [0.29, 0.717) is 10.4 Å². The zero-order valence-electron chi connectivity index (χ0n) is 8.57. The van der Waals surface area contributed by atoms with E-state index in [4.69, 9.17) is 0 Å². The van der Waals surface area contributed by atoms with Crippen LogP contribution in [0.25, 0.3) is 0 Å². The Balaban J connectivity index is 2.28. The second-order valence-corrected chi connectivity index (χ2v) is 6.61. The van der Waals surface area contributed by atoms with Gasteiger partial charge in [-0.2, -0.15) is 0 Å². The van der Waals surface area contributed by atoms with Crippen molar-refractivity contribution >= 4 is 26.0 Å². The van der Waals surface area contributed by atoms with Gasteiger partial charge in [-0.15, -0.1) is 0 Å². The smallest absolute Gasteiger partial charge is 0.208 e. The van der Waals surface area contributed by atoms with Gasteiger partial charge >= 0.3 is 0 Å². The second kappa shape index (κ2) is 4.09. The molecule has 1 aliphatic rings. The first-order valence-electron chi connectivity index (χ1n) is 4.87. The van der Waals surface area contributed by atoms with Crippen LogP contribution in [0.5, 0.6) is 0 Å². The van der Waals surface area contributed by atoms with Crippen LogP contribution in [-0.2, 0) is 10.0 Å². The molecule has 1 fully saturated rings. The van der Waals surface area contributed by atoms with Crippen LogP contribution in [0.4, 0.5) is 4.39 Å². The predicted molar refractivity (Wildman–Crippen MR) is 62.0 cm³/mol. The molecule has 0 amide bonds. The lowest BCUT2D eigenvalue weighted by Gasteiger charge is -2.06. The first-order valence-corrected chi connectivity index (χ1v) is 7.15. The average Bonchev–Trinajstić information content (AvgIpc) is 2.79. The molecule has 1 aromatic carbocycles. The summed E-state index contributed by atoms with van der Waals surface area (Å²) < 4.78 is 40.0. The summed E-state index contributed by atoms with van der Waals surface area (Å²) in [4.78, 5) is -0.296. The number of benzene rings is 1. The van der Waals surface area contributed by atoms with Gasteiger partial charge in [0.05, 0.1) is 0 Å². The highest BCUT2D eigenvalue weighted by atomic mass is 79.9. The molecule has 0 spiro atoms. The Morgan fingerprint density at radius 1 is 1.50 bits per heavy atom. The van der Waals surface area contributed by atoms with E-state index in [0.717, 1.165) is 12.5 Å². The van der Waals surface area contributed by atoms with Gasteiger partial charge in [0, 0.05) is 10.5 Å². The van der Waals surface area contributed by atoms with E-state index in [-0.39, 0.29) is 10.9 Å². The van der Waals surface area contributed by atoms with Crippen LogP contribution in [0.1, 0.15) is 13.3 Å². The maximum atomic E-state index is 13.5. The lowest BCUT2D eigenvalue weighted by atomic mass is 10.3. The Labute approximate surface area is 102 Å². The van der Waals surface area contributed by atoms with E-state index in [1.807, 2.05) is 6.92 Å². The molecule has 1 saturated carbocycles. The zero-order valence-corrected chi connectivity index (χ0v) is 11.0. The molecule has 0 radical (unpaired) electrons. The largest absolute Gasteiger partial charge is 0.243 e. The fourth-order valence-corrected chi connectivity index (χ4v) is 3.19. The van der Waals surface area contributed by atoms with Gasteiger partial charge in [-0.1, -0.05) is 22.9 Å². The number of halogens is 2. The van der Waals surface area contributed by atoms with Crippen LogP contribution in [-0.4, -0.2) is 14.5 Å². The maximum absolute atomic E-state index is 13.5. The van der Waals surface area contributed by atoms with Gasteiger partial charge < -0.3 is 0 Å². The van der Waals surface area contributed by atoms with Gasteiger partial charge in [-0.3, -0.25) is 0 Å². The summed E-state index contributed by atoms with van der Waals surface area (Å²) in [6.07, 6.45) is 0.817. The van der Waals surface area contributed by atoms with Gasteiger partial charge in [-0.25, -0.2) is 17.5 Å². The molecule has 2 atom stereocenters. The minimum Gasteiger partial charge on any atom is -0.208 e. The molecule has 6 heteroatoms. The van der Waals surface area contributed by atoms with Crippen LogP contribution in [0.3, 0.4) is 0 Å². The van der Waals surface area contributed by atoms with Gasteiger partial charge in [0.15, 0.2) is 0 Å². The first-order chi connectivity index (χ1) is 7.40. The monoisotopic (exact) mass is 307 g/mol. The van der Waals surface area contributed by atoms with E-state index in [1.165, 1.54) is 12.1 Å². The van der Waals surface area contributed by atoms with Crippen molar-refractivity contribution in [3.8, 4) is 0 Å². The van der Waals surface area contributed by atoms with Crippen molar-refractivity contribution in [2.45, 2.75) is 24.3 Å². The highest BCUT2D eigenvalue weighted by Gasteiger charge is 2.37. The molecule has 1 aromatic rings. The standard InChI is InChI=1S/C10H11BrFNO2S/c1-6-4-9(6)13-16(14,15)10-3-2-7(11)5-8(10)12/h2-3,5-6,9,13H,4H2,1H3. The molecular weight excluding hydrogens is 297 g/mol. The Hall–Kier alpha value is -0.460. The maximum Gasteiger partial charge on any atom is 0.243 e. The van der Waals surface area contributed by atoms with E-state index >= 15 is 0 Å². The van der Waals surface area contributed by atoms with Crippen molar-refractivity contribution in [1.82, 2.24) is 4.72 Å². The van der Waals surface area contributed by atoms with Gasteiger partial charge in [0.2, 0.25) is 10.0 Å². The highest BCUT2D eigenvalue weighted by Crippen LogP contribution is 2.31. The molecule has 0 aromatic heterocycles. The van der Waals surface area contributed by atoms with Gasteiger partial charge in [0.25, 0.3) is 0 Å². The summed E-state index contributed by atoms with van der Waals surface area (Å²) >= 11 is 3.08. The summed E-state index contributed by atoms with van der Waals surface area (Å²) in [5.74, 6) is -0.400. The molecule has 0 aliphatic heterocycles. The third-order valence-corrected chi connectivity index (χ3v) is 4.62. The molecule has 3 nitrogen and oxygen atoms in total. The summed E-state index contributed by atoms with van der Waals surface area (Å²) in [5.41, 5.74) is 0. The summed E-state index contributed by atoms with van der Waals surface area (Å²) in [6, 6.07) is 3.86. The SMILES string of the molecule is CC1CC1NS(=O)(=O)c1ccc(Br)cc1F. The molecule has 0 saturated heterocycles. The van der Waals surface area contributed by atoms with Crippen molar-refractivity contribution in [2.24, 2.45) is 5.92 Å². The topological polar surface area (TPSA) is 46.2 Å². The Morgan fingerprint density at radius 3 is 2.62 bits per heavy atom. The normalized spacial score (nSPS) is 24.4. The molecule has 88 valence electrons. The molecule has 1 N–H and O–H groups in total. The summed E-state index contributed by atoms with van der Waals surface area (Å²) in [5, 5.41) is 0. The van der Waals surface area contributed by atoms with Crippen LogP contribution >= 0.6 is 15.9 Å². The van der Waals surface area contributed by atoms with Crippen LogP contribution < -0.4 is 4.72 Å². The number of nitrogens with one attached hydrogen (secondary N) is 1. The third kappa shape index (κ3) is 2.44. The summed E-state index contributed by atoms with van der Waals surface area (Å²) in [6.45, 7) is 1.95. The minimum atomic E-state index is -3.72. The predicted octanol–water partition coefficient (Wildman–Crippen LogP) is 2.27. The molecule has 2 unspecified atom stereocenters. The summed E-state index contributed by atoms with van der Waals surface area (Å²) in [7, 11) is -3.72. The number of hydrogen-bond acceptors (Lipinski definition) is 2. The molecular formula is C10H11BrFNO2S. The lowest BCUT2D eigenvalue weighted by Crippen LogP contribution is -2.27. The Morgan fingerprint density at radius 2 is 2.12 bits per heavy atom. The van der Waals surface area contributed by atoms with Gasteiger partial charge in [-0.05, 0) is 30.5 Å². The Kier molecular flexibility index (Phi) is 3.07. The molecule has 0 heterocycles. The van der Waals surface area contributed by atoms with E-state index in [1.54, 1.807) is 0 Å². The van der Waals surface area contributed by atoms with E-state index in [9.17, 15) is 12.8 Å². The minimum absolute atomic E-state index is 0.0481. The lowest BCUT2D eigenvalue weighted by molar-refractivity contribution is 0.554. The molecule has 16 heavy (non-hydrogen) atoms.